The summed E-state index contributed by atoms with van der Waals surface area (Å²) in [5.74, 6) is -0.981. The van der Waals surface area contributed by atoms with Crippen molar-refractivity contribution < 1.29 is 17.6 Å². The maximum Gasteiger partial charge on any atom is 0.286 e. The molecule has 3 aromatic rings. The summed E-state index contributed by atoms with van der Waals surface area (Å²) in [5, 5.41) is 11.2. The van der Waals surface area contributed by atoms with E-state index >= 15 is 0 Å². The maximum absolute atomic E-state index is 13.5. The molecule has 10 heteroatoms. The van der Waals surface area contributed by atoms with Crippen LogP contribution in [-0.2, 0) is 10.0 Å². The first-order valence-corrected chi connectivity index (χ1v) is 12.4. The van der Waals surface area contributed by atoms with Crippen LogP contribution in [0.4, 0.5) is 10.1 Å². The Morgan fingerprint density at radius 2 is 1.88 bits per heavy atom. The van der Waals surface area contributed by atoms with Crippen LogP contribution in [0.15, 0.2) is 41.3 Å². The van der Waals surface area contributed by atoms with Crippen molar-refractivity contribution in [3.05, 3.63) is 68.9 Å². The number of aryl methyl sites for hydroxylation is 3. The first-order chi connectivity index (χ1) is 15.2. The van der Waals surface area contributed by atoms with Gasteiger partial charge in [0.05, 0.1) is 10.9 Å². The highest BCUT2D eigenvalue weighted by atomic mass is 32.2. The molecule has 32 heavy (non-hydrogen) atoms. The normalized spacial score (nSPS) is 16.9. The van der Waals surface area contributed by atoms with Crippen LogP contribution in [-0.4, -0.2) is 35.4 Å². The number of halogens is 1. The molecule has 0 saturated carbocycles. The lowest BCUT2D eigenvalue weighted by molar-refractivity contribution is 0.102. The lowest BCUT2D eigenvalue weighted by Crippen LogP contribution is -2.31. The van der Waals surface area contributed by atoms with Gasteiger partial charge in [0.1, 0.15) is 10.8 Å². The van der Waals surface area contributed by atoms with Gasteiger partial charge in [-0.25, -0.2) is 12.8 Å². The van der Waals surface area contributed by atoms with Crippen molar-refractivity contribution in [2.24, 2.45) is 0 Å². The molecule has 168 valence electrons. The summed E-state index contributed by atoms with van der Waals surface area (Å²) in [6.45, 7) is 6.02. The molecule has 1 fully saturated rings. The Bertz CT molecular complexity index is 1290. The van der Waals surface area contributed by atoms with E-state index in [-0.39, 0.29) is 5.01 Å². The second-order valence-corrected chi connectivity index (χ2v) is 10.8. The number of carbonyl (C=O) groups excluding carboxylic acids is 1. The van der Waals surface area contributed by atoms with Gasteiger partial charge in [0.25, 0.3) is 5.91 Å². The molecular weight excluding hydrogens is 451 g/mol. The summed E-state index contributed by atoms with van der Waals surface area (Å²) in [7, 11) is -3.74. The van der Waals surface area contributed by atoms with Crippen molar-refractivity contribution in [3.63, 3.8) is 0 Å². The van der Waals surface area contributed by atoms with E-state index in [0.29, 0.717) is 40.5 Å². The van der Waals surface area contributed by atoms with Gasteiger partial charge < -0.3 is 5.32 Å². The van der Waals surface area contributed by atoms with Gasteiger partial charge in [0.2, 0.25) is 15.0 Å². The van der Waals surface area contributed by atoms with E-state index in [1.165, 1.54) is 22.5 Å². The molecule has 1 N–H and O–H groups in total. The van der Waals surface area contributed by atoms with E-state index in [2.05, 4.69) is 15.5 Å². The van der Waals surface area contributed by atoms with Gasteiger partial charge >= 0.3 is 0 Å². The predicted octanol–water partition coefficient (Wildman–Crippen LogP) is 4.38. The molecule has 0 spiro atoms. The summed E-state index contributed by atoms with van der Waals surface area (Å²) in [6, 6.07) is 8.67. The van der Waals surface area contributed by atoms with Gasteiger partial charge in [0, 0.05) is 12.2 Å². The zero-order chi connectivity index (χ0) is 23.0. The number of anilines is 1. The largest absolute Gasteiger partial charge is 0.320 e. The number of sulfonamides is 1. The highest BCUT2D eigenvalue weighted by molar-refractivity contribution is 7.89. The Balaban J connectivity index is 1.59. The van der Waals surface area contributed by atoms with Gasteiger partial charge in [-0.1, -0.05) is 23.5 Å². The van der Waals surface area contributed by atoms with E-state index in [1.54, 1.807) is 19.1 Å². The third-order valence-electron chi connectivity index (χ3n) is 5.58. The average Bonchev–Trinajstić information content (AvgIpc) is 3.40. The third kappa shape index (κ3) is 4.30. The monoisotopic (exact) mass is 474 g/mol. The van der Waals surface area contributed by atoms with Crippen LogP contribution in [0.2, 0.25) is 0 Å². The fourth-order valence-electron chi connectivity index (χ4n) is 3.82. The number of benzene rings is 2. The number of aromatic nitrogens is 2. The minimum atomic E-state index is -3.74. The Kier molecular flexibility index (Phi) is 6.11. The van der Waals surface area contributed by atoms with Gasteiger partial charge in [-0.05, 0) is 74.6 Å². The quantitative estimate of drug-likeness (QED) is 0.592. The van der Waals surface area contributed by atoms with Crippen LogP contribution >= 0.6 is 11.3 Å². The Labute approximate surface area is 190 Å². The topological polar surface area (TPSA) is 92.3 Å². The summed E-state index contributed by atoms with van der Waals surface area (Å²) in [4.78, 5) is 12.8. The minimum Gasteiger partial charge on any atom is -0.320 e. The van der Waals surface area contributed by atoms with Crippen LogP contribution in [0.5, 0.6) is 0 Å². The van der Waals surface area contributed by atoms with Crippen molar-refractivity contribution in [3.8, 4) is 0 Å². The molecular formula is C22H23FN4O3S2. The van der Waals surface area contributed by atoms with Crippen LogP contribution in [0, 0.1) is 26.6 Å². The number of carbonyl (C=O) groups is 1. The second-order valence-electron chi connectivity index (χ2n) is 7.89. The predicted molar refractivity (Wildman–Crippen MR) is 121 cm³/mol. The Hall–Kier alpha value is -2.69. The van der Waals surface area contributed by atoms with Gasteiger partial charge in [-0.2, -0.15) is 4.31 Å². The summed E-state index contributed by atoms with van der Waals surface area (Å²) in [5.41, 5.74) is 2.96. The molecule has 2 aromatic carbocycles. The molecule has 7 nitrogen and oxygen atoms in total. The molecule has 0 bridgehead atoms. The molecule has 4 rings (SSSR count). The van der Waals surface area contributed by atoms with Crippen LogP contribution in [0.1, 0.15) is 50.4 Å². The van der Waals surface area contributed by atoms with Crippen LogP contribution in [0.3, 0.4) is 0 Å². The standard InChI is InChI=1S/C22H23FN4O3S2/c1-13-10-15(3)19(11-14(13)2)32(29,30)27-9-5-8-18(27)21-25-26-22(31-21)20(28)24-17-7-4-6-16(23)12-17/h4,6-7,10-12,18H,5,8-9H2,1-3H3,(H,24,28)/t18-/m1/s1. The average molecular weight is 475 g/mol. The molecule has 2 heterocycles. The van der Waals surface area contributed by atoms with Crippen LogP contribution in [0.25, 0.3) is 0 Å². The van der Waals surface area contributed by atoms with Crippen molar-refractivity contribution >= 4 is 33.0 Å². The third-order valence-corrected chi connectivity index (χ3v) is 8.66. The summed E-state index contributed by atoms with van der Waals surface area (Å²) < 4.78 is 41.8. The molecule has 1 aromatic heterocycles. The number of hydrogen-bond acceptors (Lipinski definition) is 6. The molecule has 0 radical (unpaired) electrons. The molecule has 1 amide bonds. The van der Waals surface area contributed by atoms with E-state index in [4.69, 9.17) is 0 Å². The van der Waals surface area contributed by atoms with E-state index in [0.717, 1.165) is 22.5 Å². The van der Waals surface area contributed by atoms with Crippen molar-refractivity contribution in [2.75, 3.05) is 11.9 Å². The molecule has 0 unspecified atom stereocenters. The molecule has 1 aliphatic heterocycles. The lowest BCUT2D eigenvalue weighted by atomic mass is 10.1. The van der Waals surface area contributed by atoms with Crippen molar-refractivity contribution in [2.45, 2.75) is 44.6 Å². The van der Waals surface area contributed by atoms with E-state index in [9.17, 15) is 17.6 Å². The Morgan fingerprint density at radius 3 is 2.62 bits per heavy atom. The van der Waals surface area contributed by atoms with Gasteiger partial charge in [0.15, 0.2) is 0 Å². The molecule has 1 atom stereocenters. The SMILES string of the molecule is Cc1cc(C)c(S(=O)(=O)N2CCC[C@@H]2c2nnc(C(=O)Nc3cccc(F)c3)s2)cc1C. The smallest absolute Gasteiger partial charge is 0.286 e. The van der Waals surface area contributed by atoms with Gasteiger partial charge in [-0.3, -0.25) is 4.79 Å². The van der Waals surface area contributed by atoms with E-state index < -0.39 is 27.8 Å². The Morgan fingerprint density at radius 1 is 1.12 bits per heavy atom. The van der Waals surface area contributed by atoms with Crippen molar-refractivity contribution in [1.82, 2.24) is 14.5 Å². The van der Waals surface area contributed by atoms with Gasteiger partial charge in [-0.15, -0.1) is 10.2 Å². The fourth-order valence-corrected chi connectivity index (χ4v) is 6.73. The minimum absolute atomic E-state index is 0.0934. The number of nitrogens with zero attached hydrogens (tertiary/aromatic N) is 3. The molecule has 0 aliphatic carbocycles. The number of amides is 1. The van der Waals surface area contributed by atoms with E-state index in [1.807, 2.05) is 19.9 Å². The first-order valence-electron chi connectivity index (χ1n) is 10.2. The van der Waals surface area contributed by atoms with Crippen molar-refractivity contribution in [1.29, 1.82) is 0 Å². The van der Waals surface area contributed by atoms with Crippen LogP contribution < -0.4 is 5.32 Å². The number of nitrogens with one attached hydrogen (secondary N) is 1. The first kappa shape index (κ1) is 22.5. The molecule has 1 aliphatic rings. The second kappa shape index (κ2) is 8.68. The molecule has 1 saturated heterocycles. The lowest BCUT2D eigenvalue weighted by Gasteiger charge is -2.23. The number of hydrogen-bond donors (Lipinski definition) is 1. The summed E-state index contributed by atoms with van der Waals surface area (Å²) >= 11 is 1.05. The summed E-state index contributed by atoms with van der Waals surface area (Å²) in [6.07, 6.45) is 1.29. The number of rotatable bonds is 5. The zero-order valence-electron chi connectivity index (χ0n) is 17.9. The zero-order valence-corrected chi connectivity index (χ0v) is 19.6. The maximum atomic E-state index is 13.5. The highest BCUT2D eigenvalue weighted by Gasteiger charge is 2.39. The fraction of sp³-hybridized carbons (Fsp3) is 0.318. The highest BCUT2D eigenvalue weighted by Crippen LogP contribution is 2.38.